The molecule has 0 unspecified atom stereocenters. The Morgan fingerprint density at radius 2 is 2.27 bits per heavy atom. The Bertz CT molecular complexity index is 220. The fourth-order valence-electron chi connectivity index (χ4n) is 0.357. The molecule has 0 bridgehead atoms. The minimum absolute atomic E-state index is 0.308. The zero-order chi connectivity index (χ0) is 8.85. The second-order valence-electron chi connectivity index (χ2n) is 1.84. The normalized spacial score (nSPS) is 9.91. The predicted molar refractivity (Wildman–Crippen MR) is 39.2 cm³/mol. The van der Waals surface area contributed by atoms with Crippen LogP contribution in [0.15, 0.2) is 17.8 Å². The molecule has 0 rings (SSSR count). The van der Waals surface area contributed by atoms with Crippen LogP contribution < -0.4 is 0 Å². The van der Waals surface area contributed by atoms with Gasteiger partial charge in [0.2, 0.25) is 0 Å². The van der Waals surface area contributed by atoms with Crippen LogP contribution in [0.5, 0.6) is 0 Å². The summed E-state index contributed by atoms with van der Waals surface area (Å²) >= 11 is 1.31. The fourth-order valence-corrected chi connectivity index (χ4v) is 0.601. The predicted octanol–water partition coefficient (Wildman–Crippen LogP) is 1.27. The molecule has 0 aromatic carbocycles. The molecule has 0 aliphatic rings. The average Bonchev–Trinajstić information content (AvgIpc) is 1.99. The molecule has 0 spiro atoms. The molecule has 0 heterocycles. The molecule has 0 atom stereocenters. The van der Waals surface area contributed by atoms with E-state index in [1.54, 1.807) is 6.08 Å². The number of hydrogen-bond donors (Lipinski definition) is 0. The van der Waals surface area contributed by atoms with Gasteiger partial charge in [-0.15, -0.1) is 0 Å². The van der Waals surface area contributed by atoms with Gasteiger partial charge in [-0.25, -0.2) is 0 Å². The van der Waals surface area contributed by atoms with Crippen molar-refractivity contribution in [2.24, 2.45) is 0 Å². The van der Waals surface area contributed by atoms with Crippen LogP contribution in [-0.2, 0) is 19.4 Å². The molecule has 60 valence electrons. The maximum atomic E-state index is 9.99. The average molecular weight is 322 g/mol. The van der Waals surface area contributed by atoms with Crippen LogP contribution in [0.1, 0.15) is 13.3 Å². The topological polar surface area (TPSA) is 43.1 Å². The van der Waals surface area contributed by atoms with Gasteiger partial charge in [0, 0.05) is 0 Å². The third-order valence-corrected chi connectivity index (χ3v) is 2.53. The molecule has 0 saturated heterocycles. The number of rotatable bonds is 4. The molecule has 0 aromatic heterocycles. The van der Waals surface area contributed by atoms with Crippen molar-refractivity contribution in [2.75, 3.05) is 0 Å². The van der Waals surface area contributed by atoms with Crippen molar-refractivity contribution in [3.63, 3.8) is 0 Å². The number of hydrogen-bond acceptors (Lipinski definition) is 2. The summed E-state index contributed by atoms with van der Waals surface area (Å²) in [4.78, 5) is 9.39. The van der Waals surface area contributed by atoms with Crippen molar-refractivity contribution in [2.45, 2.75) is 13.3 Å². The van der Waals surface area contributed by atoms with Crippen molar-refractivity contribution in [1.29, 1.82) is 0 Å². The molecule has 0 radical (unpaired) electrons. The fraction of sp³-hybridized carbons (Fsp3) is 0.286. The van der Waals surface area contributed by atoms with Gasteiger partial charge in [-0.2, -0.15) is 0 Å². The Hall–Kier alpha value is -0.562. The van der Waals surface area contributed by atoms with Crippen LogP contribution in [0.4, 0.5) is 0 Å². The molecule has 0 N–H and O–H groups in total. The summed E-state index contributed by atoms with van der Waals surface area (Å²) in [6.45, 7) is 7.04. The van der Waals surface area contributed by atoms with Crippen LogP contribution in [0.2, 0.25) is 0 Å². The molecule has 0 fully saturated rings. The van der Waals surface area contributed by atoms with Gasteiger partial charge in [-0.3, -0.25) is 0 Å². The van der Waals surface area contributed by atoms with E-state index in [0.717, 1.165) is 10.3 Å². The van der Waals surface area contributed by atoms with E-state index in [4.69, 9.17) is 6.58 Å². The number of allylic oxidation sites excluding steroid dienone is 2. The van der Waals surface area contributed by atoms with Crippen molar-refractivity contribution in [3.05, 3.63) is 34.5 Å². The third-order valence-electron chi connectivity index (χ3n) is 0.999. The van der Waals surface area contributed by atoms with Gasteiger partial charge < -0.3 is 0 Å². The van der Waals surface area contributed by atoms with Crippen LogP contribution >= 0.6 is 0 Å². The van der Waals surface area contributed by atoms with Crippen molar-refractivity contribution >= 4 is 3.90 Å². The van der Waals surface area contributed by atoms with Gasteiger partial charge in [-0.1, -0.05) is 0 Å². The van der Waals surface area contributed by atoms with Crippen molar-refractivity contribution in [1.82, 2.24) is 0 Å². The second-order valence-corrected chi connectivity index (χ2v) is 3.72. The van der Waals surface area contributed by atoms with E-state index in [1.807, 2.05) is 6.92 Å². The summed E-state index contributed by atoms with van der Waals surface area (Å²) in [5.74, 6) is 0. The van der Waals surface area contributed by atoms with Gasteiger partial charge in [-0.05, 0) is 0 Å². The molecule has 0 saturated carbocycles. The maximum absolute atomic E-state index is 9.99. The quantitative estimate of drug-likeness (QED) is 0.339. The van der Waals surface area contributed by atoms with E-state index in [2.05, 4.69) is 0 Å². The molecular formula is C7H8NO2W-. The summed E-state index contributed by atoms with van der Waals surface area (Å²) < 4.78 is 1.15. The second kappa shape index (κ2) is 5.14. The first-order valence-electron chi connectivity index (χ1n) is 3.05. The monoisotopic (exact) mass is 322 g/mol. The summed E-state index contributed by atoms with van der Waals surface area (Å²) in [5, 5.41) is 9.99. The molecule has 0 amide bonds. The van der Waals surface area contributed by atoms with E-state index >= 15 is 0 Å². The zero-order valence-electron chi connectivity index (χ0n) is 6.11. The van der Waals surface area contributed by atoms with Crippen LogP contribution in [0.3, 0.4) is 0 Å². The Balaban J connectivity index is 4.04. The molecule has 0 aromatic rings. The Morgan fingerprint density at radius 1 is 1.73 bits per heavy atom. The van der Waals surface area contributed by atoms with E-state index in [-0.39, 0.29) is 5.70 Å². The van der Waals surface area contributed by atoms with E-state index in [0.29, 0.717) is 0 Å². The summed E-state index contributed by atoms with van der Waals surface area (Å²) in [5.41, 5.74) is -0.308. The number of nitro groups is 1. The standard InChI is InChI=1S/C7H8NO2.W/c1-3-4-5-6-7(2)8(9)10;/h2,5-6H,3H2,1H3;/q-1;/b6-5-;. The van der Waals surface area contributed by atoms with Gasteiger partial charge in [0.1, 0.15) is 0 Å². The van der Waals surface area contributed by atoms with Gasteiger partial charge >= 0.3 is 76.1 Å². The summed E-state index contributed by atoms with van der Waals surface area (Å²) in [6, 6.07) is 0. The van der Waals surface area contributed by atoms with Gasteiger partial charge in [0.15, 0.2) is 0 Å². The van der Waals surface area contributed by atoms with Gasteiger partial charge in [0.25, 0.3) is 0 Å². The summed E-state index contributed by atoms with van der Waals surface area (Å²) in [7, 11) is 0. The molecule has 11 heavy (non-hydrogen) atoms. The molecule has 0 aliphatic heterocycles. The number of nitrogens with zero attached hydrogens (tertiary/aromatic N) is 1. The van der Waals surface area contributed by atoms with Crippen molar-refractivity contribution < 1.29 is 24.3 Å². The first-order chi connectivity index (χ1) is 5.07. The van der Waals surface area contributed by atoms with Crippen LogP contribution in [0, 0.1) is 16.7 Å². The zero-order valence-corrected chi connectivity index (χ0v) is 9.04. The Labute approximate surface area is 76.4 Å². The van der Waals surface area contributed by atoms with E-state index in [9.17, 15) is 10.1 Å². The van der Waals surface area contributed by atoms with E-state index in [1.165, 1.54) is 25.4 Å². The van der Waals surface area contributed by atoms with Crippen molar-refractivity contribution in [3.8, 4) is 0 Å². The third kappa shape index (κ3) is 4.79. The molecule has 0 aliphatic carbocycles. The molecule has 4 heteroatoms. The minimum atomic E-state index is -0.602. The van der Waals surface area contributed by atoms with Crippen LogP contribution in [0.25, 0.3) is 0 Å². The summed E-state index contributed by atoms with van der Waals surface area (Å²) in [6.07, 6.45) is 3.93. The van der Waals surface area contributed by atoms with Gasteiger partial charge in [0.05, 0.1) is 0 Å². The SMILES string of the molecule is [CH-]=C(/C=C\[C](=[W])CC)[N+](=O)[O-]. The Morgan fingerprint density at radius 3 is 2.64 bits per heavy atom. The van der Waals surface area contributed by atoms with Crippen LogP contribution in [-0.4, -0.2) is 8.82 Å². The molecular weight excluding hydrogens is 314 g/mol. The first-order valence-corrected chi connectivity index (χ1v) is 4.52. The first kappa shape index (κ1) is 10.4. The molecule has 3 nitrogen and oxygen atoms in total. The Kier molecular flexibility index (Phi) is 4.87. The van der Waals surface area contributed by atoms with E-state index < -0.39 is 4.92 Å².